The Bertz CT molecular complexity index is 553. The maximum atomic E-state index is 5.98. The number of hydrazone groups is 1. The van der Waals surface area contributed by atoms with Crippen LogP contribution in [0, 0.1) is 0 Å². The summed E-state index contributed by atoms with van der Waals surface area (Å²) in [4.78, 5) is 0. The topological polar surface area (TPSA) is 81.1 Å². The monoisotopic (exact) mass is 306 g/mol. The second-order valence-corrected chi connectivity index (χ2v) is 3.86. The molecule has 0 saturated heterocycles. The van der Waals surface area contributed by atoms with E-state index in [-0.39, 0.29) is 12.4 Å². The average molecular weight is 308 g/mol. The Balaban J connectivity index is 0.00000162. The van der Waals surface area contributed by atoms with Gasteiger partial charge in [-0.2, -0.15) is 5.10 Å². The number of hydrogen-bond acceptors (Lipinski definition) is 5. The number of nitrogens with two attached hydrogens (primary N) is 1. The highest BCUT2D eigenvalue weighted by molar-refractivity contribution is 6.43. The van der Waals surface area contributed by atoms with E-state index in [0.29, 0.717) is 21.6 Å². The molecule has 0 spiro atoms. The fraction of sp³-hybridized carbons (Fsp3) is 0. The van der Waals surface area contributed by atoms with Crippen molar-refractivity contribution in [2.45, 2.75) is 0 Å². The second kappa shape index (κ2) is 6.44. The van der Waals surface area contributed by atoms with Crippen LogP contribution in [0.3, 0.4) is 0 Å². The van der Waals surface area contributed by atoms with Crippen molar-refractivity contribution >= 4 is 47.8 Å². The second-order valence-electron chi connectivity index (χ2n) is 3.07. The summed E-state index contributed by atoms with van der Waals surface area (Å²) in [5.74, 6) is 5.80. The van der Waals surface area contributed by atoms with E-state index in [1.165, 1.54) is 17.2 Å². The van der Waals surface area contributed by atoms with Gasteiger partial charge >= 0.3 is 0 Å². The summed E-state index contributed by atoms with van der Waals surface area (Å²) in [7, 11) is 0. The van der Waals surface area contributed by atoms with Gasteiger partial charge in [-0.15, -0.1) is 22.6 Å². The summed E-state index contributed by atoms with van der Waals surface area (Å²) < 4.78 is 1.21. The van der Waals surface area contributed by atoms with Gasteiger partial charge in [0.2, 0.25) is 0 Å². The predicted molar refractivity (Wildman–Crippen MR) is 75.1 cm³/mol. The molecule has 0 fully saturated rings. The molecule has 0 saturated carbocycles. The lowest BCUT2D eigenvalue weighted by molar-refractivity contribution is 0.988. The number of nitrogens with one attached hydrogen (secondary N) is 1. The molecule has 3 N–H and O–H groups in total. The first-order chi connectivity index (χ1) is 8.18. The van der Waals surface area contributed by atoms with E-state index >= 15 is 0 Å². The minimum Gasteiger partial charge on any atom is -0.335 e. The van der Waals surface area contributed by atoms with E-state index in [9.17, 15) is 0 Å². The van der Waals surface area contributed by atoms with E-state index in [2.05, 4.69) is 20.7 Å². The number of nitrogen functional groups attached to an aromatic ring is 1. The molecule has 1 heterocycles. The van der Waals surface area contributed by atoms with Crippen LogP contribution in [-0.2, 0) is 0 Å². The van der Waals surface area contributed by atoms with E-state index < -0.39 is 0 Å². The molecule has 96 valence electrons. The highest BCUT2D eigenvalue weighted by Crippen LogP contribution is 2.24. The average Bonchev–Trinajstić information content (AvgIpc) is 2.71. The van der Waals surface area contributed by atoms with Gasteiger partial charge < -0.3 is 5.84 Å². The third-order valence-electron chi connectivity index (χ3n) is 1.92. The predicted octanol–water partition coefficient (Wildman–Crippen LogP) is 2.17. The van der Waals surface area contributed by atoms with Crippen molar-refractivity contribution in [3.63, 3.8) is 0 Å². The summed E-state index contributed by atoms with van der Waals surface area (Å²) in [5, 5.41) is 12.1. The largest absolute Gasteiger partial charge is 0.335 e. The van der Waals surface area contributed by atoms with Crippen LogP contribution in [0.1, 0.15) is 5.56 Å². The van der Waals surface area contributed by atoms with Crippen molar-refractivity contribution in [1.29, 1.82) is 0 Å². The summed E-state index contributed by atoms with van der Waals surface area (Å²) in [5.41, 5.74) is 3.31. The van der Waals surface area contributed by atoms with Crippen molar-refractivity contribution in [2.75, 3.05) is 11.3 Å². The van der Waals surface area contributed by atoms with E-state index in [4.69, 9.17) is 29.0 Å². The van der Waals surface area contributed by atoms with Gasteiger partial charge in [-0.05, 0) is 6.07 Å². The summed E-state index contributed by atoms with van der Waals surface area (Å²) in [6, 6.07) is 5.26. The lowest BCUT2D eigenvalue weighted by Gasteiger charge is -2.00. The number of aromatic nitrogens is 3. The minimum absolute atomic E-state index is 0. The van der Waals surface area contributed by atoms with E-state index in [1.54, 1.807) is 18.2 Å². The Morgan fingerprint density at radius 1 is 1.39 bits per heavy atom. The van der Waals surface area contributed by atoms with Crippen LogP contribution in [0.5, 0.6) is 0 Å². The third-order valence-corrected chi connectivity index (χ3v) is 2.76. The van der Waals surface area contributed by atoms with Gasteiger partial charge in [0, 0.05) is 5.56 Å². The summed E-state index contributed by atoms with van der Waals surface area (Å²) in [6.07, 6.45) is 2.87. The molecule has 6 nitrogen and oxygen atoms in total. The summed E-state index contributed by atoms with van der Waals surface area (Å²) >= 11 is 11.8. The molecule has 0 bridgehead atoms. The van der Waals surface area contributed by atoms with Gasteiger partial charge in [-0.1, -0.05) is 35.3 Å². The Kier molecular flexibility index (Phi) is 5.21. The first kappa shape index (κ1) is 14.6. The van der Waals surface area contributed by atoms with Crippen LogP contribution in [0.15, 0.2) is 29.6 Å². The zero-order valence-electron chi connectivity index (χ0n) is 8.92. The van der Waals surface area contributed by atoms with E-state index in [0.717, 1.165) is 0 Å². The van der Waals surface area contributed by atoms with E-state index in [1.807, 2.05) is 0 Å². The standard InChI is InChI=1S/C9H8Cl2N6.ClH/c10-7-3-1-2-6(8(7)11)4-13-15-9-16-14-5-17(9)12;/h1-5H,12H2,(H,15,16);1H/b13-4+;. The van der Waals surface area contributed by atoms with Crippen molar-refractivity contribution in [1.82, 2.24) is 14.9 Å². The van der Waals surface area contributed by atoms with Crippen LogP contribution in [0.2, 0.25) is 10.0 Å². The van der Waals surface area contributed by atoms with Crippen LogP contribution in [0.4, 0.5) is 5.95 Å². The quantitative estimate of drug-likeness (QED) is 0.517. The highest BCUT2D eigenvalue weighted by atomic mass is 35.5. The molecule has 2 aromatic rings. The van der Waals surface area contributed by atoms with Gasteiger partial charge in [-0.25, -0.2) is 10.1 Å². The van der Waals surface area contributed by atoms with Crippen molar-refractivity contribution in [2.24, 2.45) is 5.10 Å². The van der Waals surface area contributed by atoms with Gasteiger partial charge in [-0.3, -0.25) is 0 Å². The lowest BCUT2D eigenvalue weighted by Crippen LogP contribution is -2.10. The van der Waals surface area contributed by atoms with Crippen LogP contribution in [-0.4, -0.2) is 21.1 Å². The number of rotatable bonds is 3. The molecule has 1 aromatic heterocycles. The molecule has 18 heavy (non-hydrogen) atoms. The van der Waals surface area contributed by atoms with Gasteiger partial charge in [0.05, 0.1) is 16.3 Å². The Morgan fingerprint density at radius 3 is 2.83 bits per heavy atom. The number of nitrogens with zero attached hydrogens (tertiary/aromatic N) is 4. The van der Waals surface area contributed by atoms with Gasteiger partial charge in [0.25, 0.3) is 5.95 Å². The first-order valence-electron chi connectivity index (χ1n) is 4.56. The summed E-state index contributed by atoms with van der Waals surface area (Å²) in [6.45, 7) is 0. The number of hydrogen-bond donors (Lipinski definition) is 2. The fourth-order valence-corrected chi connectivity index (χ4v) is 1.46. The first-order valence-corrected chi connectivity index (χ1v) is 5.32. The normalized spacial score (nSPS) is 10.3. The number of benzene rings is 1. The van der Waals surface area contributed by atoms with Crippen LogP contribution >= 0.6 is 35.6 Å². The molecule has 0 amide bonds. The third kappa shape index (κ3) is 3.25. The zero-order valence-corrected chi connectivity index (χ0v) is 11.2. The molecule has 0 aliphatic rings. The smallest absolute Gasteiger partial charge is 0.263 e. The highest BCUT2D eigenvalue weighted by Gasteiger charge is 2.01. The SMILES string of the molecule is Cl.Nn1cnnc1N/N=C/c1cccc(Cl)c1Cl. The van der Waals surface area contributed by atoms with Gasteiger partial charge in [0.15, 0.2) is 0 Å². The maximum absolute atomic E-state index is 5.98. The van der Waals surface area contributed by atoms with Crippen molar-refractivity contribution < 1.29 is 0 Å². The Labute approximate surface area is 119 Å². The Hall–Kier alpha value is -1.50. The molecule has 0 aliphatic carbocycles. The molecule has 0 radical (unpaired) electrons. The molecule has 9 heteroatoms. The number of halogens is 3. The molecule has 0 atom stereocenters. The van der Waals surface area contributed by atoms with Crippen molar-refractivity contribution in [3.8, 4) is 0 Å². The van der Waals surface area contributed by atoms with Gasteiger partial charge in [0.1, 0.15) is 6.33 Å². The fourth-order valence-electron chi connectivity index (χ4n) is 1.10. The lowest BCUT2D eigenvalue weighted by atomic mass is 10.2. The zero-order chi connectivity index (χ0) is 12.3. The molecule has 1 aromatic carbocycles. The molecular weight excluding hydrogens is 298 g/mol. The van der Waals surface area contributed by atoms with Crippen LogP contribution < -0.4 is 11.3 Å². The van der Waals surface area contributed by atoms with Crippen LogP contribution in [0.25, 0.3) is 0 Å². The number of anilines is 1. The molecule has 2 rings (SSSR count). The molecular formula is C9H9Cl3N6. The minimum atomic E-state index is 0. The maximum Gasteiger partial charge on any atom is 0.263 e. The Morgan fingerprint density at radius 2 is 2.17 bits per heavy atom. The molecule has 0 unspecified atom stereocenters. The van der Waals surface area contributed by atoms with Crippen molar-refractivity contribution in [3.05, 3.63) is 40.1 Å². The molecule has 0 aliphatic heterocycles.